The maximum atomic E-state index is 12.9. The van der Waals surface area contributed by atoms with E-state index in [0.717, 1.165) is 22.6 Å². The van der Waals surface area contributed by atoms with E-state index in [1.165, 1.54) is 19.2 Å². The fraction of sp³-hybridized carbons (Fsp3) is 0.316. The van der Waals surface area contributed by atoms with Gasteiger partial charge in [-0.1, -0.05) is 18.2 Å². The third kappa shape index (κ3) is 4.00. The second-order valence-electron chi connectivity index (χ2n) is 5.91. The molecule has 3 rings (SSSR count). The molecule has 142 valence electrons. The maximum absolute atomic E-state index is 12.9. The molecule has 27 heavy (non-hydrogen) atoms. The molecule has 0 fully saturated rings. The SMILES string of the molecule is CCOc1cc([N+](=O)[O-])c(C(=O)NC2CCSc3ccccc32)cc1OC. The second kappa shape index (κ2) is 8.30. The van der Waals surface area contributed by atoms with Crippen LogP contribution in [-0.4, -0.2) is 30.3 Å². The van der Waals surface area contributed by atoms with Crippen molar-refractivity contribution in [2.24, 2.45) is 0 Å². The molecule has 1 N–H and O–H groups in total. The van der Waals surface area contributed by atoms with Gasteiger partial charge in [0, 0.05) is 16.7 Å². The highest BCUT2D eigenvalue weighted by Crippen LogP contribution is 2.38. The molecule has 8 heteroatoms. The smallest absolute Gasteiger partial charge is 0.286 e. The van der Waals surface area contributed by atoms with Crippen molar-refractivity contribution in [2.75, 3.05) is 19.5 Å². The summed E-state index contributed by atoms with van der Waals surface area (Å²) in [6.45, 7) is 2.10. The molecule has 2 aromatic carbocycles. The van der Waals surface area contributed by atoms with Gasteiger partial charge in [0.25, 0.3) is 11.6 Å². The summed E-state index contributed by atoms with van der Waals surface area (Å²) < 4.78 is 10.6. The Morgan fingerprint density at radius 1 is 1.33 bits per heavy atom. The highest BCUT2D eigenvalue weighted by molar-refractivity contribution is 7.99. The van der Waals surface area contributed by atoms with Crippen molar-refractivity contribution in [2.45, 2.75) is 24.3 Å². The largest absolute Gasteiger partial charge is 0.493 e. The lowest BCUT2D eigenvalue weighted by Gasteiger charge is -2.26. The Balaban J connectivity index is 1.94. The standard InChI is InChI=1S/C19H20N2O5S/c1-3-26-17-11-15(21(23)24)13(10-16(17)25-2)19(22)20-14-8-9-27-18-7-5-4-6-12(14)18/h4-7,10-11,14H,3,8-9H2,1-2H3,(H,20,22). The number of benzene rings is 2. The fourth-order valence-electron chi connectivity index (χ4n) is 3.04. The van der Waals surface area contributed by atoms with Gasteiger partial charge in [0.2, 0.25) is 0 Å². The van der Waals surface area contributed by atoms with Gasteiger partial charge >= 0.3 is 0 Å². The van der Waals surface area contributed by atoms with Crippen LogP contribution in [0.25, 0.3) is 0 Å². The number of rotatable bonds is 6. The van der Waals surface area contributed by atoms with Gasteiger partial charge in [-0.15, -0.1) is 11.8 Å². The number of thioether (sulfide) groups is 1. The molecular weight excluding hydrogens is 368 g/mol. The highest BCUT2D eigenvalue weighted by atomic mass is 32.2. The van der Waals surface area contributed by atoms with Gasteiger partial charge in [-0.2, -0.15) is 0 Å². The number of nitrogens with one attached hydrogen (secondary N) is 1. The summed E-state index contributed by atoms with van der Waals surface area (Å²) in [4.78, 5) is 24.9. The average Bonchev–Trinajstić information content (AvgIpc) is 2.68. The van der Waals surface area contributed by atoms with Crippen LogP contribution in [0.4, 0.5) is 5.69 Å². The number of carbonyl (C=O) groups excluding carboxylic acids is 1. The first-order valence-electron chi connectivity index (χ1n) is 8.57. The molecule has 1 unspecified atom stereocenters. The van der Waals surface area contributed by atoms with E-state index >= 15 is 0 Å². The molecular formula is C19H20N2O5S. The quantitative estimate of drug-likeness (QED) is 0.595. The molecule has 0 aliphatic carbocycles. The third-order valence-electron chi connectivity index (χ3n) is 4.29. The Morgan fingerprint density at radius 3 is 2.81 bits per heavy atom. The molecule has 1 amide bonds. The Bertz CT molecular complexity index is 871. The molecule has 2 aromatic rings. The van der Waals surface area contributed by atoms with Crippen LogP contribution in [0.5, 0.6) is 11.5 Å². The number of fused-ring (bicyclic) bond motifs is 1. The van der Waals surface area contributed by atoms with Gasteiger partial charge in [0.05, 0.1) is 30.7 Å². The van der Waals surface area contributed by atoms with Gasteiger partial charge in [0.1, 0.15) is 5.56 Å². The summed E-state index contributed by atoms with van der Waals surface area (Å²) in [6.07, 6.45) is 0.759. The van der Waals surface area contributed by atoms with E-state index in [1.807, 2.05) is 24.3 Å². The summed E-state index contributed by atoms with van der Waals surface area (Å²) in [5.74, 6) is 0.890. The number of methoxy groups -OCH3 is 1. The van der Waals surface area contributed by atoms with Crippen LogP contribution in [0.2, 0.25) is 0 Å². The Labute approximate surface area is 161 Å². The van der Waals surface area contributed by atoms with Crippen molar-refractivity contribution >= 4 is 23.4 Å². The van der Waals surface area contributed by atoms with E-state index in [2.05, 4.69) is 5.32 Å². The van der Waals surface area contributed by atoms with E-state index in [0.29, 0.717) is 6.61 Å². The molecule has 0 radical (unpaired) electrons. The number of nitro groups is 1. The van der Waals surface area contributed by atoms with Crippen LogP contribution >= 0.6 is 11.8 Å². The monoisotopic (exact) mass is 388 g/mol. The first-order valence-corrected chi connectivity index (χ1v) is 9.55. The molecule has 1 aliphatic heterocycles. The Hall–Kier alpha value is -2.74. The first-order chi connectivity index (χ1) is 13.0. The molecule has 0 bridgehead atoms. The lowest BCUT2D eigenvalue weighted by Crippen LogP contribution is -2.31. The summed E-state index contributed by atoms with van der Waals surface area (Å²) in [7, 11) is 1.43. The summed E-state index contributed by atoms with van der Waals surface area (Å²) in [5.41, 5.74) is 0.675. The average molecular weight is 388 g/mol. The zero-order valence-corrected chi connectivity index (χ0v) is 15.9. The Kier molecular flexibility index (Phi) is 5.85. The molecule has 0 saturated heterocycles. The van der Waals surface area contributed by atoms with Crippen molar-refractivity contribution in [3.63, 3.8) is 0 Å². The molecule has 1 heterocycles. The zero-order chi connectivity index (χ0) is 19.4. The van der Waals surface area contributed by atoms with Crippen LogP contribution in [0.1, 0.15) is 35.3 Å². The van der Waals surface area contributed by atoms with E-state index in [9.17, 15) is 14.9 Å². The molecule has 7 nitrogen and oxygen atoms in total. The number of amides is 1. The summed E-state index contributed by atoms with van der Waals surface area (Å²) in [5, 5.41) is 14.4. The van der Waals surface area contributed by atoms with Crippen molar-refractivity contribution in [1.29, 1.82) is 0 Å². The van der Waals surface area contributed by atoms with Crippen LogP contribution in [0.3, 0.4) is 0 Å². The van der Waals surface area contributed by atoms with E-state index in [1.54, 1.807) is 18.7 Å². The minimum absolute atomic E-state index is 0.0454. The maximum Gasteiger partial charge on any atom is 0.286 e. The van der Waals surface area contributed by atoms with Gasteiger partial charge in [-0.25, -0.2) is 0 Å². The molecule has 0 aromatic heterocycles. The van der Waals surface area contributed by atoms with Crippen molar-refractivity contribution < 1.29 is 19.2 Å². The predicted octanol–water partition coefficient (Wildman–Crippen LogP) is 3.97. The first kappa shape index (κ1) is 19.0. The molecule has 0 saturated carbocycles. The van der Waals surface area contributed by atoms with Crippen molar-refractivity contribution in [3.05, 3.63) is 57.6 Å². The van der Waals surface area contributed by atoms with E-state index in [-0.39, 0.29) is 28.8 Å². The molecule has 1 aliphatic rings. The van der Waals surface area contributed by atoms with Gasteiger partial charge in [-0.05, 0) is 25.0 Å². The van der Waals surface area contributed by atoms with E-state index < -0.39 is 10.8 Å². The van der Waals surface area contributed by atoms with Crippen molar-refractivity contribution in [3.8, 4) is 11.5 Å². The minimum Gasteiger partial charge on any atom is -0.493 e. The van der Waals surface area contributed by atoms with Gasteiger partial charge in [-0.3, -0.25) is 14.9 Å². The van der Waals surface area contributed by atoms with Crippen LogP contribution < -0.4 is 14.8 Å². The second-order valence-corrected chi connectivity index (χ2v) is 7.05. The summed E-state index contributed by atoms with van der Waals surface area (Å²) in [6, 6.07) is 10.3. The molecule has 1 atom stereocenters. The lowest BCUT2D eigenvalue weighted by molar-refractivity contribution is -0.385. The number of hydrogen-bond donors (Lipinski definition) is 1. The number of hydrogen-bond acceptors (Lipinski definition) is 6. The number of nitro benzene ring substituents is 1. The zero-order valence-electron chi connectivity index (χ0n) is 15.1. The van der Waals surface area contributed by atoms with Gasteiger partial charge in [0.15, 0.2) is 11.5 Å². The number of nitrogens with zero attached hydrogens (tertiary/aromatic N) is 1. The highest BCUT2D eigenvalue weighted by Gasteiger charge is 2.28. The van der Waals surface area contributed by atoms with Gasteiger partial charge < -0.3 is 14.8 Å². The normalized spacial score (nSPS) is 15.6. The van der Waals surface area contributed by atoms with Crippen LogP contribution in [-0.2, 0) is 0 Å². The van der Waals surface area contributed by atoms with E-state index in [4.69, 9.17) is 9.47 Å². The number of carbonyl (C=O) groups is 1. The predicted molar refractivity (Wildman–Crippen MR) is 103 cm³/mol. The third-order valence-corrected chi connectivity index (χ3v) is 5.41. The van der Waals surface area contributed by atoms with Crippen LogP contribution in [0.15, 0.2) is 41.3 Å². The molecule has 0 spiro atoms. The fourth-order valence-corrected chi connectivity index (χ4v) is 4.16. The lowest BCUT2D eigenvalue weighted by atomic mass is 10.0. The van der Waals surface area contributed by atoms with Crippen LogP contribution in [0, 0.1) is 10.1 Å². The number of ether oxygens (including phenoxy) is 2. The van der Waals surface area contributed by atoms with Crippen molar-refractivity contribution in [1.82, 2.24) is 5.32 Å². The Morgan fingerprint density at radius 2 is 2.11 bits per heavy atom. The minimum atomic E-state index is -0.582. The summed E-state index contributed by atoms with van der Waals surface area (Å²) >= 11 is 1.74. The topological polar surface area (TPSA) is 90.7 Å².